The summed E-state index contributed by atoms with van der Waals surface area (Å²) in [5, 5.41) is 18.8. The van der Waals surface area contributed by atoms with Crippen LogP contribution in [0.2, 0.25) is 0 Å². The Morgan fingerprint density at radius 2 is 2.14 bits per heavy atom. The van der Waals surface area contributed by atoms with E-state index in [4.69, 9.17) is 0 Å². The van der Waals surface area contributed by atoms with Crippen LogP contribution in [0.4, 0.5) is 10.5 Å². The number of carboxylic acid groups (broad SMARTS) is 1. The fraction of sp³-hybridized carbons (Fsp3) is 0.467. The average Bonchev–Trinajstić information content (AvgIpc) is 2.92. The molecule has 1 fully saturated rings. The van der Waals surface area contributed by atoms with Gasteiger partial charge in [-0.05, 0) is 38.3 Å². The van der Waals surface area contributed by atoms with Crippen LogP contribution in [0.15, 0.2) is 18.2 Å². The number of hydrogen-bond acceptors (Lipinski definition) is 3. The van der Waals surface area contributed by atoms with E-state index >= 15 is 0 Å². The molecule has 6 heteroatoms. The Labute approximate surface area is 123 Å². The highest BCUT2D eigenvalue weighted by molar-refractivity contribution is 5.95. The van der Waals surface area contributed by atoms with Gasteiger partial charge in [-0.15, -0.1) is 0 Å². The van der Waals surface area contributed by atoms with Gasteiger partial charge in [0.25, 0.3) is 0 Å². The van der Waals surface area contributed by atoms with Crippen LogP contribution in [0.1, 0.15) is 25.3 Å². The van der Waals surface area contributed by atoms with Crippen molar-refractivity contribution in [3.8, 4) is 5.75 Å². The molecule has 2 amide bonds. The van der Waals surface area contributed by atoms with E-state index < -0.39 is 12.0 Å². The van der Waals surface area contributed by atoms with Gasteiger partial charge in [-0.3, -0.25) is 4.90 Å². The fourth-order valence-electron chi connectivity index (χ4n) is 2.70. The Hall–Kier alpha value is -2.24. The van der Waals surface area contributed by atoms with Crippen molar-refractivity contribution in [2.75, 3.05) is 18.0 Å². The van der Waals surface area contributed by atoms with E-state index in [1.807, 2.05) is 13.8 Å². The topological polar surface area (TPSA) is 81.1 Å². The van der Waals surface area contributed by atoms with E-state index in [2.05, 4.69) is 0 Å². The molecule has 1 atom stereocenters. The number of phenols is 1. The zero-order chi connectivity index (χ0) is 15.6. The third kappa shape index (κ3) is 2.94. The summed E-state index contributed by atoms with van der Waals surface area (Å²) in [5.74, 6) is -0.886. The van der Waals surface area contributed by atoms with Crippen LogP contribution in [0, 0.1) is 6.92 Å². The van der Waals surface area contributed by atoms with E-state index in [1.54, 1.807) is 12.1 Å². The van der Waals surface area contributed by atoms with E-state index in [9.17, 15) is 19.8 Å². The van der Waals surface area contributed by atoms with Crippen LogP contribution in [0.3, 0.4) is 0 Å². The Kier molecular flexibility index (Phi) is 4.35. The number of benzene rings is 1. The van der Waals surface area contributed by atoms with Crippen molar-refractivity contribution in [1.29, 1.82) is 0 Å². The van der Waals surface area contributed by atoms with Crippen LogP contribution < -0.4 is 4.90 Å². The summed E-state index contributed by atoms with van der Waals surface area (Å²) in [6.07, 6.45) is 1.18. The predicted molar refractivity (Wildman–Crippen MR) is 78.6 cm³/mol. The number of carbonyl (C=O) groups excluding carboxylic acids is 1. The maximum Gasteiger partial charge on any atom is 0.326 e. The van der Waals surface area contributed by atoms with Crippen LogP contribution in [-0.2, 0) is 4.79 Å². The average molecular weight is 292 g/mol. The number of carbonyl (C=O) groups is 2. The summed E-state index contributed by atoms with van der Waals surface area (Å²) in [4.78, 5) is 26.8. The van der Waals surface area contributed by atoms with Gasteiger partial charge < -0.3 is 15.1 Å². The van der Waals surface area contributed by atoms with Crippen LogP contribution >= 0.6 is 0 Å². The molecule has 0 aliphatic carbocycles. The van der Waals surface area contributed by atoms with Crippen LogP contribution in [-0.4, -0.2) is 46.2 Å². The van der Waals surface area contributed by atoms with E-state index in [0.29, 0.717) is 31.6 Å². The van der Waals surface area contributed by atoms with Gasteiger partial charge in [0, 0.05) is 19.2 Å². The molecule has 0 unspecified atom stereocenters. The molecule has 0 spiro atoms. The van der Waals surface area contributed by atoms with Crippen LogP contribution in [0.25, 0.3) is 0 Å². The lowest BCUT2D eigenvalue weighted by Crippen LogP contribution is -2.48. The zero-order valence-electron chi connectivity index (χ0n) is 12.2. The number of aryl methyl sites for hydroxylation is 1. The highest BCUT2D eigenvalue weighted by atomic mass is 16.4. The lowest BCUT2D eigenvalue weighted by molar-refractivity contribution is -0.141. The summed E-state index contributed by atoms with van der Waals surface area (Å²) < 4.78 is 0. The summed E-state index contributed by atoms with van der Waals surface area (Å²) in [7, 11) is 0. The Morgan fingerprint density at radius 3 is 2.76 bits per heavy atom. The number of urea groups is 1. The Bertz CT molecular complexity index is 559. The van der Waals surface area contributed by atoms with Gasteiger partial charge in [-0.25, -0.2) is 9.59 Å². The third-order valence-electron chi connectivity index (χ3n) is 3.81. The third-order valence-corrected chi connectivity index (χ3v) is 3.81. The number of amides is 2. The summed E-state index contributed by atoms with van der Waals surface area (Å²) in [6.45, 7) is 4.53. The summed E-state index contributed by atoms with van der Waals surface area (Å²) in [5.41, 5.74) is 1.47. The van der Waals surface area contributed by atoms with Crippen molar-refractivity contribution in [3.05, 3.63) is 23.8 Å². The number of likely N-dealkylation sites (tertiary alicyclic amines) is 1. The Balaban J connectivity index is 2.30. The first-order valence-electron chi connectivity index (χ1n) is 7.06. The fourth-order valence-corrected chi connectivity index (χ4v) is 2.70. The van der Waals surface area contributed by atoms with Crippen molar-refractivity contribution in [2.45, 2.75) is 32.7 Å². The number of carboxylic acids is 1. The molecule has 2 N–H and O–H groups in total. The predicted octanol–water partition coefficient (Wildman–Crippen LogP) is 2.20. The highest BCUT2D eigenvalue weighted by Crippen LogP contribution is 2.28. The molecule has 1 aliphatic heterocycles. The van der Waals surface area contributed by atoms with Gasteiger partial charge in [0.2, 0.25) is 0 Å². The molecule has 1 saturated heterocycles. The van der Waals surface area contributed by atoms with Gasteiger partial charge in [0.05, 0.1) is 5.69 Å². The summed E-state index contributed by atoms with van der Waals surface area (Å²) in [6, 6.07) is 3.75. The molecule has 1 aromatic carbocycles. The summed E-state index contributed by atoms with van der Waals surface area (Å²) >= 11 is 0. The molecule has 0 saturated carbocycles. The number of phenolic OH excluding ortho intramolecular Hbond substituents is 1. The van der Waals surface area contributed by atoms with E-state index in [-0.39, 0.29) is 11.8 Å². The number of aromatic hydroxyl groups is 1. The molecular weight excluding hydrogens is 272 g/mol. The maximum absolute atomic E-state index is 12.7. The first-order valence-corrected chi connectivity index (χ1v) is 7.06. The second-order valence-corrected chi connectivity index (χ2v) is 5.19. The largest absolute Gasteiger partial charge is 0.508 e. The molecule has 0 radical (unpaired) electrons. The van der Waals surface area contributed by atoms with Gasteiger partial charge in [-0.1, -0.05) is 6.07 Å². The first-order chi connectivity index (χ1) is 9.95. The van der Waals surface area contributed by atoms with Crippen molar-refractivity contribution in [1.82, 2.24) is 4.90 Å². The standard InChI is InChI=1S/C15H20N2O4/c1-3-16(13-9-11(18)7-6-10(13)2)15(21)17-8-4-5-12(17)14(19)20/h6-7,9,12,18H,3-5,8H2,1-2H3,(H,19,20)/t12-/m0/s1. The lowest BCUT2D eigenvalue weighted by Gasteiger charge is -2.30. The molecule has 0 aromatic heterocycles. The van der Waals surface area contributed by atoms with Gasteiger partial charge in [0.1, 0.15) is 11.8 Å². The van der Waals surface area contributed by atoms with Crippen molar-refractivity contribution < 1.29 is 19.8 Å². The van der Waals surface area contributed by atoms with Gasteiger partial charge in [-0.2, -0.15) is 0 Å². The van der Waals surface area contributed by atoms with Gasteiger partial charge >= 0.3 is 12.0 Å². The number of hydrogen-bond donors (Lipinski definition) is 2. The number of anilines is 1. The first kappa shape index (κ1) is 15.2. The second-order valence-electron chi connectivity index (χ2n) is 5.19. The monoisotopic (exact) mass is 292 g/mol. The van der Waals surface area contributed by atoms with Crippen molar-refractivity contribution in [3.63, 3.8) is 0 Å². The minimum Gasteiger partial charge on any atom is -0.508 e. The SMILES string of the molecule is CCN(C(=O)N1CCC[C@H]1C(=O)O)c1cc(O)ccc1C. The lowest BCUT2D eigenvalue weighted by atomic mass is 10.1. The van der Waals surface area contributed by atoms with Crippen LogP contribution in [0.5, 0.6) is 5.75 Å². The van der Waals surface area contributed by atoms with Crippen molar-refractivity contribution >= 4 is 17.7 Å². The molecule has 21 heavy (non-hydrogen) atoms. The normalized spacial score (nSPS) is 17.8. The molecule has 1 heterocycles. The zero-order valence-corrected chi connectivity index (χ0v) is 12.2. The Morgan fingerprint density at radius 1 is 1.43 bits per heavy atom. The van der Waals surface area contributed by atoms with Gasteiger partial charge in [0.15, 0.2) is 0 Å². The molecule has 114 valence electrons. The maximum atomic E-state index is 12.7. The molecule has 0 bridgehead atoms. The quantitative estimate of drug-likeness (QED) is 0.895. The molecule has 2 rings (SSSR count). The molecule has 1 aromatic rings. The number of rotatable bonds is 3. The minimum absolute atomic E-state index is 0.0815. The van der Waals surface area contributed by atoms with E-state index in [0.717, 1.165) is 5.56 Å². The smallest absolute Gasteiger partial charge is 0.326 e. The number of aliphatic carboxylic acids is 1. The highest BCUT2D eigenvalue weighted by Gasteiger charge is 2.36. The second kappa shape index (κ2) is 6.03. The molecule has 1 aliphatic rings. The van der Waals surface area contributed by atoms with Crippen molar-refractivity contribution in [2.24, 2.45) is 0 Å². The number of nitrogens with zero attached hydrogens (tertiary/aromatic N) is 2. The van der Waals surface area contributed by atoms with E-state index in [1.165, 1.54) is 15.9 Å². The minimum atomic E-state index is -0.968. The molecule has 6 nitrogen and oxygen atoms in total. The molecular formula is C15H20N2O4.